The number of nitrogens with zero attached hydrogens (tertiary/aromatic N) is 1. The summed E-state index contributed by atoms with van der Waals surface area (Å²) in [5.74, 6) is -0.698. The Hall–Kier alpha value is -1.42. The maximum Gasteiger partial charge on any atom is 0.311 e. The Bertz CT molecular complexity index is 359. The number of carboxylic acid groups (broad SMARTS) is 1. The summed E-state index contributed by atoms with van der Waals surface area (Å²) in [5.41, 5.74) is 0.403. The lowest BCUT2D eigenvalue weighted by Crippen LogP contribution is -2.47. The average molecular weight is 220 g/mol. The monoisotopic (exact) mass is 220 g/mol. The van der Waals surface area contributed by atoms with Crippen LogP contribution in [0.3, 0.4) is 0 Å². The van der Waals surface area contributed by atoms with Crippen LogP contribution in [0.5, 0.6) is 0 Å². The number of carboxylic acids is 1. The van der Waals surface area contributed by atoms with E-state index in [1.165, 1.54) is 0 Å². The zero-order valence-electron chi connectivity index (χ0n) is 9.15. The molecule has 1 aliphatic heterocycles. The van der Waals surface area contributed by atoms with Crippen molar-refractivity contribution in [1.82, 2.24) is 10.3 Å². The lowest BCUT2D eigenvalue weighted by atomic mass is 9.76. The molecule has 1 saturated heterocycles. The zero-order chi connectivity index (χ0) is 11.4. The fourth-order valence-electron chi connectivity index (χ4n) is 2.27. The van der Waals surface area contributed by atoms with Gasteiger partial charge in [-0.2, -0.15) is 0 Å². The van der Waals surface area contributed by atoms with Gasteiger partial charge in [-0.05, 0) is 43.5 Å². The molecule has 0 amide bonds. The van der Waals surface area contributed by atoms with Crippen LogP contribution in [0, 0.1) is 5.41 Å². The summed E-state index contributed by atoms with van der Waals surface area (Å²) >= 11 is 0. The number of rotatable bonds is 3. The molecule has 0 saturated carbocycles. The molecule has 0 spiro atoms. The first kappa shape index (κ1) is 11.1. The van der Waals surface area contributed by atoms with Crippen molar-refractivity contribution >= 4 is 5.97 Å². The predicted octanol–water partition coefficient (Wildman–Crippen LogP) is 1.08. The van der Waals surface area contributed by atoms with E-state index in [1.54, 1.807) is 12.4 Å². The summed E-state index contributed by atoms with van der Waals surface area (Å²) < 4.78 is 0. The standard InChI is InChI=1S/C12H16N2O2/c15-11(16)12(4-1-5-14-9-12)8-10-2-6-13-7-3-10/h2-3,6-7,14H,1,4-5,8-9H2,(H,15,16). The Kier molecular flexibility index (Phi) is 3.19. The second-order valence-electron chi connectivity index (χ2n) is 4.40. The highest BCUT2D eigenvalue weighted by Crippen LogP contribution is 2.30. The van der Waals surface area contributed by atoms with E-state index in [0.29, 0.717) is 13.0 Å². The molecule has 0 aliphatic carbocycles. The number of hydrogen-bond acceptors (Lipinski definition) is 3. The third-order valence-electron chi connectivity index (χ3n) is 3.22. The molecule has 2 rings (SSSR count). The van der Waals surface area contributed by atoms with Crippen LogP contribution in [0.1, 0.15) is 18.4 Å². The van der Waals surface area contributed by atoms with Gasteiger partial charge >= 0.3 is 5.97 Å². The van der Waals surface area contributed by atoms with Crippen LogP contribution < -0.4 is 5.32 Å². The lowest BCUT2D eigenvalue weighted by molar-refractivity contribution is -0.150. The van der Waals surface area contributed by atoms with Crippen LogP contribution in [-0.2, 0) is 11.2 Å². The Labute approximate surface area is 94.7 Å². The fraction of sp³-hybridized carbons (Fsp3) is 0.500. The first-order valence-electron chi connectivity index (χ1n) is 5.56. The van der Waals surface area contributed by atoms with Crippen LogP contribution in [0.25, 0.3) is 0 Å². The normalized spacial score (nSPS) is 25.2. The first-order valence-corrected chi connectivity index (χ1v) is 5.56. The first-order chi connectivity index (χ1) is 7.73. The molecule has 4 heteroatoms. The van der Waals surface area contributed by atoms with Crippen LogP contribution in [-0.4, -0.2) is 29.1 Å². The summed E-state index contributed by atoms with van der Waals surface area (Å²) in [4.78, 5) is 15.4. The van der Waals surface area contributed by atoms with Crippen molar-refractivity contribution in [2.75, 3.05) is 13.1 Å². The third-order valence-corrected chi connectivity index (χ3v) is 3.22. The van der Waals surface area contributed by atoms with E-state index in [1.807, 2.05) is 12.1 Å². The topological polar surface area (TPSA) is 62.2 Å². The van der Waals surface area contributed by atoms with E-state index < -0.39 is 11.4 Å². The second kappa shape index (κ2) is 4.61. The Morgan fingerprint density at radius 1 is 1.50 bits per heavy atom. The molecule has 16 heavy (non-hydrogen) atoms. The maximum absolute atomic E-state index is 11.4. The van der Waals surface area contributed by atoms with Crippen LogP contribution >= 0.6 is 0 Å². The largest absolute Gasteiger partial charge is 0.481 e. The maximum atomic E-state index is 11.4. The number of piperidine rings is 1. The van der Waals surface area contributed by atoms with E-state index in [4.69, 9.17) is 0 Å². The summed E-state index contributed by atoms with van der Waals surface area (Å²) in [6.45, 7) is 1.48. The minimum absolute atomic E-state index is 0.560. The Balaban J connectivity index is 2.17. The fourth-order valence-corrected chi connectivity index (χ4v) is 2.27. The summed E-state index contributed by atoms with van der Waals surface area (Å²) in [6.07, 6.45) is 5.68. The molecule has 1 unspecified atom stereocenters. The number of carbonyl (C=O) groups is 1. The molecule has 1 aromatic rings. The van der Waals surface area contributed by atoms with Crippen molar-refractivity contribution in [3.63, 3.8) is 0 Å². The molecule has 0 radical (unpaired) electrons. The van der Waals surface area contributed by atoms with Gasteiger partial charge in [-0.15, -0.1) is 0 Å². The molecule has 2 N–H and O–H groups in total. The molecule has 1 aromatic heterocycles. The molecule has 2 heterocycles. The van der Waals surface area contributed by atoms with E-state index in [-0.39, 0.29) is 0 Å². The predicted molar refractivity (Wildman–Crippen MR) is 60.1 cm³/mol. The van der Waals surface area contributed by atoms with Gasteiger partial charge in [0.25, 0.3) is 0 Å². The van der Waals surface area contributed by atoms with Crippen molar-refractivity contribution in [3.8, 4) is 0 Å². The minimum atomic E-state index is -0.698. The zero-order valence-corrected chi connectivity index (χ0v) is 9.15. The molecule has 0 aromatic carbocycles. The van der Waals surface area contributed by atoms with Crippen LogP contribution in [0.15, 0.2) is 24.5 Å². The molecule has 1 aliphatic rings. The van der Waals surface area contributed by atoms with E-state index in [0.717, 1.165) is 24.9 Å². The van der Waals surface area contributed by atoms with Gasteiger partial charge in [0, 0.05) is 18.9 Å². The van der Waals surface area contributed by atoms with E-state index in [2.05, 4.69) is 10.3 Å². The SMILES string of the molecule is O=C(O)C1(Cc2ccncc2)CCCNC1. The van der Waals surface area contributed by atoms with Crippen molar-refractivity contribution in [3.05, 3.63) is 30.1 Å². The van der Waals surface area contributed by atoms with E-state index >= 15 is 0 Å². The van der Waals surface area contributed by atoms with Gasteiger partial charge in [0.05, 0.1) is 5.41 Å². The Morgan fingerprint density at radius 2 is 2.25 bits per heavy atom. The molecule has 1 fully saturated rings. The number of aromatic nitrogens is 1. The van der Waals surface area contributed by atoms with Gasteiger partial charge in [0.2, 0.25) is 0 Å². The summed E-state index contributed by atoms with van der Waals surface area (Å²) in [7, 11) is 0. The van der Waals surface area contributed by atoms with Crippen molar-refractivity contribution in [2.24, 2.45) is 5.41 Å². The highest BCUT2D eigenvalue weighted by Gasteiger charge is 2.39. The number of aliphatic carboxylic acids is 1. The van der Waals surface area contributed by atoms with Gasteiger partial charge < -0.3 is 10.4 Å². The number of hydrogen-bond donors (Lipinski definition) is 2. The smallest absolute Gasteiger partial charge is 0.311 e. The van der Waals surface area contributed by atoms with Crippen LogP contribution in [0.4, 0.5) is 0 Å². The molecule has 4 nitrogen and oxygen atoms in total. The quantitative estimate of drug-likeness (QED) is 0.800. The number of nitrogens with one attached hydrogen (secondary N) is 1. The van der Waals surface area contributed by atoms with Crippen molar-refractivity contribution in [1.29, 1.82) is 0 Å². The highest BCUT2D eigenvalue weighted by molar-refractivity contribution is 5.75. The third kappa shape index (κ3) is 2.22. The molecule has 0 bridgehead atoms. The second-order valence-corrected chi connectivity index (χ2v) is 4.40. The van der Waals surface area contributed by atoms with Crippen molar-refractivity contribution < 1.29 is 9.90 Å². The van der Waals surface area contributed by atoms with Crippen molar-refractivity contribution in [2.45, 2.75) is 19.3 Å². The lowest BCUT2D eigenvalue weighted by Gasteiger charge is -2.33. The molecule has 1 atom stereocenters. The van der Waals surface area contributed by atoms with Gasteiger partial charge in [0.15, 0.2) is 0 Å². The van der Waals surface area contributed by atoms with Gasteiger partial charge in [-0.3, -0.25) is 9.78 Å². The van der Waals surface area contributed by atoms with E-state index in [9.17, 15) is 9.90 Å². The minimum Gasteiger partial charge on any atom is -0.481 e. The number of pyridine rings is 1. The van der Waals surface area contributed by atoms with Gasteiger partial charge in [0.1, 0.15) is 0 Å². The Morgan fingerprint density at radius 3 is 2.81 bits per heavy atom. The summed E-state index contributed by atoms with van der Waals surface area (Å²) in [5, 5.41) is 12.6. The molecular formula is C12H16N2O2. The van der Waals surface area contributed by atoms with Crippen LogP contribution in [0.2, 0.25) is 0 Å². The molecule has 86 valence electrons. The summed E-state index contributed by atoms with van der Waals surface area (Å²) in [6, 6.07) is 3.78. The van der Waals surface area contributed by atoms with Gasteiger partial charge in [-0.1, -0.05) is 0 Å². The average Bonchev–Trinajstić information content (AvgIpc) is 2.31. The molecular weight excluding hydrogens is 204 g/mol. The van der Waals surface area contributed by atoms with Gasteiger partial charge in [-0.25, -0.2) is 0 Å². The highest BCUT2D eigenvalue weighted by atomic mass is 16.4.